The second-order valence-electron chi connectivity index (χ2n) is 8.85. The summed E-state index contributed by atoms with van der Waals surface area (Å²) >= 11 is 0. The molecule has 0 aliphatic carbocycles. The van der Waals surface area contributed by atoms with Crippen molar-refractivity contribution in [1.29, 1.82) is 0 Å². The Morgan fingerprint density at radius 2 is 1.84 bits per heavy atom. The maximum atomic E-state index is 13.2. The Balaban J connectivity index is 1.37. The molecule has 0 saturated heterocycles. The summed E-state index contributed by atoms with van der Waals surface area (Å²) in [5, 5.41) is 14.0. The third-order valence-corrected chi connectivity index (χ3v) is 6.31. The molecule has 0 spiro atoms. The van der Waals surface area contributed by atoms with Gasteiger partial charge < -0.3 is 15.0 Å². The summed E-state index contributed by atoms with van der Waals surface area (Å²) in [6.07, 6.45) is -1.47. The Morgan fingerprint density at radius 1 is 1.08 bits per heavy atom. The third-order valence-electron chi connectivity index (χ3n) is 6.31. The van der Waals surface area contributed by atoms with Crippen molar-refractivity contribution in [3.63, 3.8) is 0 Å². The van der Waals surface area contributed by atoms with E-state index in [2.05, 4.69) is 42.4 Å². The molecule has 0 bridgehead atoms. The van der Waals surface area contributed by atoms with E-state index < -0.39 is 18.0 Å². The molecule has 1 aliphatic rings. The van der Waals surface area contributed by atoms with E-state index >= 15 is 0 Å². The van der Waals surface area contributed by atoms with Crippen LogP contribution in [0, 0.1) is 6.92 Å². The molecule has 4 heterocycles. The van der Waals surface area contributed by atoms with Crippen molar-refractivity contribution in [2.45, 2.75) is 26.4 Å². The van der Waals surface area contributed by atoms with Gasteiger partial charge in [0.25, 0.3) is 5.91 Å². The highest BCUT2D eigenvalue weighted by Crippen LogP contribution is 2.32. The average molecular weight is 519 g/mol. The van der Waals surface area contributed by atoms with Crippen LogP contribution in [0.3, 0.4) is 0 Å². The molecular weight excluding hydrogens is 499 g/mol. The van der Waals surface area contributed by atoms with Crippen LogP contribution in [0.4, 0.5) is 24.7 Å². The summed E-state index contributed by atoms with van der Waals surface area (Å²) < 4.78 is 43.3. The first-order chi connectivity index (χ1) is 18.2. The number of anilines is 2. The number of fused-ring (bicyclic) bond motifs is 2. The minimum Gasteiger partial charge on any atom is -0.406 e. The van der Waals surface area contributed by atoms with E-state index in [1.165, 1.54) is 23.3 Å². The van der Waals surface area contributed by atoms with E-state index in [0.29, 0.717) is 30.0 Å². The Labute approximate surface area is 213 Å². The van der Waals surface area contributed by atoms with Crippen LogP contribution < -0.4 is 15.0 Å². The monoisotopic (exact) mass is 519 g/mol. The highest BCUT2D eigenvalue weighted by Gasteiger charge is 2.31. The number of carbonyl (C=O) groups is 1. The molecule has 1 amide bonds. The van der Waals surface area contributed by atoms with Crippen molar-refractivity contribution in [1.82, 2.24) is 24.8 Å². The summed E-state index contributed by atoms with van der Waals surface area (Å²) in [7, 11) is 0. The summed E-state index contributed by atoms with van der Waals surface area (Å²) in [5.74, 6) is -0.315. The van der Waals surface area contributed by atoms with Gasteiger partial charge in [-0.3, -0.25) is 9.89 Å². The molecule has 5 aromatic rings. The maximum absolute atomic E-state index is 13.2. The number of halogens is 3. The number of aryl methyl sites for hydroxylation is 1. The number of alkyl halides is 3. The van der Waals surface area contributed by atoms with Gasteiger partial charge in [0.2, 0.25) is 0 Å². The van der Waals surface area contributed by atoms with Crippen molar-refractivity contribution in [3.05, 3.63) is 89.4 Å². The smallest absolute Gasteiger partial charge is 0.406 e. The fourth-order valence-electron chi connectivity index (χ4n) is 4.54. The third kappa shape index (κ3) is 4.40. The SMILES string of the molecule is Cc1c(C(=O)Nc2cccc(OC(F)(F)F)c2)nn2c(-c3cn[nH]c3)cc(N3Cc4ccccc4C3)nc12. The molecule has 2 aromatic carbocycles. The first-order valence-corrected chi connectivity index (χ1v) is 11.6. The van der Waals surface area contributed by atoms with Gasteiger partial charge in [-0.05, 0) is 30.2 Å². The molecule has 38 heavy (non-hydrogen) atoms. The summed E-state index contributed by atoms with van der Waals surface area (Å²) in [5.41, 5.74) is 5.10. The van der Waals surface area contributed by atoms with Gasteiger partial charge in [-0.1, -0.05) is 30.3 Å². The van der Waals surface area contributed by atoms with Crippen LogP contribution in [-0.2, 0) is 13.1 Å². The number of aromatic amines is 1. The largest absolute Gasteiger partial charge is 0.573 e. The lowest BCUT2D eigenvalue weighted by Gasteiger charge is -2.18. The van der Waals surface area contributed by atoms with Crippen molar-refractivity contribution >= 4 is 23.1 Å². The van der Waals surface area contributed by atoms with Gasteiger partial charge >= 0.3 is 6.36 Å². The number of benzene rings is 2. The average Bonchev–Trinajstić information content (AvgIpc) is 3.62. The lowest BCUT2D eigenvalue weighted by molar-refractivity contribution is -0.274. The van der Waals surface area contributed by atoms with Gasteiger partial charge in [0.15, 0.2) is 11.3 Å². The maximum Gasteiger partial charge on any atom is 0.573 e. The van der Waals surface area contributed by atoms with Crippen LogP contribution in [-0.4, -0.2) is 37.1 Å². The van der Waals surface area contributed by atoms with E-state index in [9.17, 15) is 18.0 Å². The second-order valence-corrected chi connectivity index (χ2v) is 8.85. The Bertz CT molecular complexity index is 1640. The number of carbonyl (C=O) groups excluding carboxylic acids is 1. The highest BCUT2D eigenvalue weighted by atomic mass is 19.4. The number of aromatic nitrogens is 5. The fraction of sp³-hybridized carbons (Fsp3) is 0.154. The number of nitrogens with one attached hydrogen (secondary N) is 2. The predicted octanol–water partition coefficient (Wildman–Crippen LogP) is 5.10. The molecule has 0 saturated carbocycles. The molecular formula is C26H20F3N7O2. The van der Waals surface area contributed by atoms with Gasteiger partial charge in [-0.2, -0.15) is 10.2 Å². The summed E-state index contributed by atoms with van der Waals surface area (Å²) in [6.45, 7) is 3.12. The lowest BCUT2D eigenvalue weighted by atomic mass is 10.1. The van der Waals surface area contributed by atoms with Crippen LogP contribution in [0.15, 0.2) is 67.0 Å². The number of hydrogen-bond donors (Lipinski definition) is 2. The normalized spacial score (nSPS) is 13.1. The first-order valence-electron chi connectivity index (χ1n) is 11.6. The molecule has 0 atom stereocenters. The molecule has 192 valence electrons. The number of rotatable bonds is 5. The van der Waals surface area contributed by atoms with Crippen molar-refractivity contribution < 1.29 is 22.7 Å². The van der Waals surface area contributed by atoms with Crippen molar-refractivity contribution in [2.75, 3.05) is 10.2 Å². The van der Waals surface area contributed by atoms with Crippen LogP contribution in [0.2, 0.25) is 0 Å². The van der Waals surface area contributed by atoms with E-state index in [4.69, 9.17) is 4.98 Å². The van der Waals surface area contributed by atoms with E-state index in [-0.39, 0.29) is 11.4 Å². The predicted molar refractivity (Wildman–Crippen MR) is 133 cm³/mol. The molecule has 0 unspecified atom stereocenters. The molecule has 9 nitrogen and oxygen atoms in total. The number of amides is 1. The number of H-pyrrole nitrogens is 1. The second kappa shape index (κ2) is 8.91. The number of nitrogens with zero attached hydrogens (tertiary/aromatic N) is 5. The quantitative estimate of drug-likeness (QED) is 0.335. The van der Waals surface area contributed by atoms with Crippen molar-refractivity contribution in [3.8, 4) is 17.0 Å². The number of ether oxygens (including phenoxy) is 1. The molecule has 2 N–H and O–H groups in total. The first kappa shape index (κ1) is 23.5. The zero-order chi connectivity index (χ0) is 26.4. The van der Waals surface area contributed by atoms with Crippen LogP contribution in [0.5, 0.6) is 5.75 Å². The molecule has 12 heteroatoms. The zero-order valence-corrected chi connectivity index (χ0v) is 20.0. The van der Waals surface area contributed by atoms with Gasteiger partial charge in [0.1, 0.15) is 11.6 Å². The van der Waals surface area contributed by atoms with Crippen LogP contribution in [0.1, 0.15) is 27.2 Å². The van der Waals surface area contributed by atoms with Crippen molar-refractivity contribution in [2.24, 2.45) is 0 Å². The van der Waals surface area contributed by atoms with Gasteiger partial charge in [0.05, 0.1) is 11.9 Å². The molecule has 0 radical (unpaired) electrons. The van der Waals surface area contributed by atoms with E-state index in [1.807, 2.05) is 18.2 Å². The molecule has 1 aliphatic heterocycles. The van der Waals surface area contributed by atoms with Gasteiger partial charge in [-0.25, -0.2) is 9.50 Å². The van der Waals surface area contributed by atoms with E-state index in [1.54, 1.807) is 23.8 Å². The van der Waals surface area contributed by atoms with Gasteiger partial charge in [-0.15, -0.1) is 13.2 Å². The standard InChI is InChI=1S/C26H20F3N7O2/c1-15-23(25(37)32-19-7-4-8-20(9-19)38-26(27,28)29)34-36-21(18-11-30-31-12-18)10-22(33-24(15)36)35-13-16-5-2-3-6-17(16)14-35/h2-12H,13-14H2,1H3,(H,30,31)(H,32,37). The Hall–Kier alpha value is -4.87. The lowest BCUT2D eigenvalue weighted by Crippen LogP contribution is -2.18. The highest BCUT2D eigenvalue weighted by molar-refractivity contribution is 6.05. The minimum absolute atomic E-state index is 0.0891. The summed E-state index contributed by atoms with van der Waals surface area (Å²) in [6, 6.07) is 15.2. The molecule has 3 aromatic heterocycles. The topological polar surface area (TPSA) is 100 Å². The Kier molecular flexibility index (Phi) is 5.51. The van der Waals surface area contributed by atoms with Crippen LogP contribution in [0.25, 0.3) is 16.9 Å². The molecule has 0 fully saturated rings. The zero-order valence-electron chi connectivity index (χ0n) is 20.0. The fourth-order valence-corrected chi connectivity index (χ4v) is 4.54. The Morgan fingerprint density at radius 3 is 2.53 bits per heavy atom. The summed E-state index contributed by atoms with van der Waals surface area (Å²) in [4.78, 5) is 20.2. The van der Waals surface area contributed by atoms with Gasteiger partial charge in [0, 0.05) is 48.2 Å². The van der Waals surface area contributed by atoms with Crippen LogP contribution >= 0.6 is 0 Å². The van der Waals surface area contributed by atoms with E-state index in [0.717, 1.165) is 23.5 Å². The molecule has 6 rings (SSSR count). The number of hydrogen-bond acceptors (Lipinski definition) is 6. The minimum atomic E-state index is -4.84.